The highest BCUT2D eigenvalue weighted by atomic mass is 35.5. The minimum atomic E-state index is 0.659. The molecular weight excluding hydrogens is 265 g/mol. The number of anilines is 1. The van der Waals surface area contributed by atoms with Gasteiger partial charge in [-0.3, -0.25) is 0 Å². The molecule has 0 radical (unpaired) electrons. The molecule has 0 aliphatic rings. The topological polar surface area (TPSA) is 12.0 Å². The number of rotatable bonds is 5. The van der Waals surface area contributed by atoms with Crippen molar-refractivity contribution in [1.82, 2.24) is 0 Å². The van der Waals surface area contributed by atoms with E-state index >= 15 is 0 Å². The quantitative estimate of drug-likeness (QED) is 0.780. The van der Waals surface area contributed by atoms with Crippen LogP contribution in [0.4, 0.5) is 5.69 Å². The van der Waals surface area contributed by atoms with Crippen molar-refractivity contribution >= 4 is 28.9 Å². The Morgan fingerprint density at radius 1 is 0.944 bits per heavy atom. The Hall–Kier alpha value is -1.18. The maximum Gasteiger partial charge on any atom is 0.0455 e. The first kappa shape index (κ1) is 13.3. The number of hydrogen-bond donors (Lipinski definition) is 1. The maximum absolute atomic E-state index is 6.10. The van der Waals surface area contributed by atoms with Crippen LogP contribution in [0.15, 0.2) is 48.5 Å². The van der Waals surface area contributed by atoms with Crippen molar-refractivity contribution < 1.29 is 0 Å². The molecule has 0 spiro atoms. The van der Waals surface area contributed by atoms with E-state index < -0.39 is 0 Å². The van der Waals surface area contributed by atoms with Crippen LogP contribution in [0, 0.1) is 0 Å². The van der Waals surface area contributed by atoms with E-state index in [1.165, 1.54) is 5.56 Å². The van der Waals surface area contributed by atoms with Crippen LogP contribution in [0.25, 0.3) is 0 Å². The Morgan fingerprint density at radius 2 is 1.67 bits per heavy atom. The number of nitrogens with one attached hydrogen (secondary N) is 1. The molecule has 1 nitrogen and oxygen atoms in total. The lowest BCUT2D eigenvalue weighted by Gasteiger charge is -2.08. The molecule has 3 heteroatoms. The van der Waals surface area contributed by atoms with Gasteiger partial charge >= 0.3 is 0 Å². The average Bonchev–Trinajstić information content (AvgIpc) is 2.40. The largest absolute Gasteiger partial charge is 0.381 e. The summed E-state index contributed by atoms with van der Waals surface area (Å²) in [6.45, 7) is 0.731. The lowest BCUT2D eigenvalue weighted by molar-refractivity contribution is 1.13. The zero-order chi connectivity index (χ0) is 12.8. The van der Waals surface area contributed by atoms with Gasteiger partial charge in [-0.1, -0.05) is 41.9 Å². The summed E-state index contributed by atoms with van der Waals surface area (Å²) < 4.78 is 0. The smallest absolute Gasteiger partial charge is 0.0455 e. The van der Waals surface area contributed by atoms with Crippen molar-refractivity contribution in [1.29, 1.82) is 0 Å². The van der Waals surface area contributed by atoms with Crippen LogP contribution in [-0.2, 0) is 13.0 Å². The Kier molecular flexibility index (Phi) is 4.91. The average molecular weight is 280 g/mol. The Labute approximate surface area is 118 Å². The second-order valence-corrected chi connectivity index (χ2v) is 4.87. The molecule has 0 saturated heterocycles. The minimum Gasteiger partial charge on any atom is -0.381 e. The highest BCUT2D eigenvalue weighted by molar-refractivity contribution is 6.31. The predicted octanol–water partition coefficient (Wildman–Crippen LogP) is 4.73. The van der Waals surface area contributed by atoms with E-state index in [1.54, 1.807) is 0 Å². The monoisotopic (exact) mass is 279 g/mol. The van der Waals surface area contributed by atoms with Crippen molar-refractivity contribution in [3.8, 4) is 0 Å². The standard InChI is InChI=1S/C15H15Cl2N/c16-10-9-12-5-7-14(8-6-12)18-11-13-3-1-2-4-15(13)17/h1-8,18H,9-11H2. The highest BCUT2D eigenvalue weighted by Crippen LogP contribution is 2.17. The Bertz CT molecular complexity index is 494. The third kappa shape index (κ3) is 3.66. The van der Waals surface area contributed by atoms with Gasteiger partial charge in [-0.25, -0.2) is 0 Å². The number of halogens is 2. The number of aryl methyl sites for hydroxylation is 1. The first-order valence-electron chi connectivity index (χ1n) is 5.92. The van der Waals surface area contributed by atoms with Crippen LogP contribution in [0.3, 0.4) is 0 Å². The fourth-order valence-corrected chi connectivity index (χ4v) is 2.16. The summed E-state index contributed by atoms with van der Waals surface area (Å²) in [5.74, 6) is 0.659. The maximum atomic E-state index is 6.10. The van der Waals surface area contributed by atoms with Crippen molar-refractivity contribution in [2.75, 3.05) is 11.2 Å². The van der Waals surface area contributed by atoms with Crippen molar-refractivity contribution in [2.24, 2.45) is 0 Å². The normalized spacial score (nSPS) is 10.3. The van der Waals surface area contributed by atoms with Crippen LogP contribution in [-0.4, -0.2) is 5.88 Å². The van der Waals surface area contributed by atoms with Gasteiger partial charge in [0, 0.05) is 23.1 Å². The molecule has 0 amide bonds. The van der Waals surface area contributed by atoms with Gasteiger partial charge in [-0.15, -0.1) is 11.6 Å². The second kappa shape index (κ2) is 6.67. The molecule has 2 aromatic rings. The van der Waals surface area contributed by atoms with E-state index in [-0.39, 0.29) is 0 Å². The van der Waals surface area contributed by atoms with E-state index in [1.807, 2.05) is 24.3 Å². The molecule has 0 fully saturated rings. The molecule has 0 aliphatic carbocycles. The molecule has 1 N–H and O–H groups in total. The molecule has 18 heavy (non-hydrogen) atoms. The minimum absolute atomic E-state index is 0.659. The third-order valence-electron chi connectivity index (χ3n) is 2.78. The van der Waals surface area contributed by atoms with Crippen molar-refractivity contribution in [3.63, 3.8) is 0 Å². The number of benzene rings is 2. The van der Waals surface area contributed by atoms with Gasteiger partial charge in [0.05, 0.1) is 0 Å². The van der Waals surface area contributed by atoms with Crippen LogP contribution >= 0.6 is 23.2 Å². The van der Waals surface area contributed by atoms with E-state index in [0.29, 0.717) is 5.88 Å². The highest BCUT2D eigenvalue weighted by Gasteiger charge is 1.99. The zero-order valence-corrected chi connectivity index (χ0v) is 11.5. The van der Waals surface area contributed by atoms with E-state index in [4.69, 9.17) is 23.2 Å². The molecule has 0 atom stereocenters. The van der Waals surface area contributed by atoms with E-state index in [9.17, 15) is 0 Å². The molecule has 0 aromatic heterocycles. The molecular formula is C15H15Cl2N. The molecule has 0 aliphatic heterocycles. The van der Waals surface area contributed by atoms with Crippen molar-refractivity contribution in [2.45, 2.75) is 13.0 Å². The molecule has 0 heterocycles. The van der Waals surface area contributed by atoms with Crippen LogP contribution in [0.2, 0.25) is 5.02 Å². The fourth-order valence-electron chi connectivity index (χ4n) is 1.74. The van der Waals surface area contributed by atoms with Gasteiger partial charge in [-0.05, 0) is 35.7 Å². The fraction of sp³-hybridized carbons (Fsp3) is 0.200. The molecule has 2 rings (SSSR count). The lowest BCUT2D eigenvalue weighted by Crippen LogP contribution is -2.00. The van der Waals surface area contributed by atoms with Crippen LogP contribution < -0.4 is 5.32 Å². The summed E-state index contributed by atoms with van der Waals surface area (Å²) in [5.41, 5.74) is 3.45. The zero-order valence-electron chi connectivity index (χ0n) is 10.00. The predicted molar refractivity (Wildman–Crippen MR) is 79.6 cm³/mol. The van der Waals surface area contributed by atoms with Gasteiger partial charge in [-0.2, -0.15) is 0 Å². The first-order chi connectivity index (χ1) is 8.79. The summed E-state index contributed by atoms with van der Waals surface area (Å²) >= 11 is 11.8. The van der Waals surface area contributed by atoms with E-state index in [2.05, 4.69) is 29.6 Å². The van der Waals surface area contributed by atoms with Gasteiger partial charge in [0.1, 0.15) is 0 Å². The molecule has 0 saturated carbocycles. The van der Waals surface area contributed by atoms with E-state index in [0.717, 1.165) is 29.2 Å². The number of hydrogen-bond acceptors (Lipinski definition) is 1. The van der Waals surface area contributed by atoms with Crippen molar-refractivity contribution in [3.05, 3.63) is 64.7 Å². The van der Waals surface area contributed by atoms with Gasteiger partial charge in [0.15, 0.2) is 0 Å². The summed E-state index contributed by atoms with van der Waals surface area (Å²) in [6.07, 6.45) is 0.909. The summed E-state index contributed by atoms with van der Waals surface area (Å²) in [4.78, 5) is 0. The van der Waals surface area contributed by atoms with Gasteiger partial charge in [0.25, 0.3) is 0 Å². The van der Waals surface area contributed by atoms with Crippen LogP contribution in [0.5, 0.6) is 0 Å². The van der Waals surface area contributed by atoms with Gasteiger partial charge < -0.3 is 5.32 Å². The molecule has 0 bridgehead atoms. The molecule has 2 aromatic carbocycles. The third-order valence-corrected chi connectivity index (χ3v) is 3.34. The summed E-state index contributed by atoms with van der Waals surface area (Å²) in [7, 11) is 0. The lowest BCUT2D eigenvalue weighted by atomic mass is 10.1. The van der Waals surface area contributed by atoms with Crippen LogP contribution in [0.1, 0.15) is 11.1 Å². The summed E-state index contributed by atoms with van der Waals surface area (Å²) in [5, 5.41) is 4.15. The molecule has 0 unspecified atom stereocenters. The summed E-state index contributed by atoms with van der Waals surface area (Å²) in [6, 6.07) is 16.2. The second-order valence-electron chi connectivity index (χ2n) is 4.08. The van der Waals surface area contributed by atoms with Gasteiger partial charge in [0.2, 0.25) is 0 Å². The first-order valence-corrected chi connectivity index (χ1v) is 6.83. The Morgan fingerprint density at radius 3 is 2.33 bits per heavy atom. The Balaban J connectivity index is 1.96. The SMILES string of the molecule is ClCCc1ccc(NCc2ccccc2Cl)cc1. The molecule has 94 valence electrons. The number of alkyl halides is 1.